The highest BCUT2D eigenvalue weighted by Crippen LogP contribution is 2.49. The van der Waals surface area contributed by atoms with Gasteiger partial charge in [-0.25, -0.2) is 13.6 Å². The van der Waals surface area contributed by atoms with Crippen LogP contribution in [0.4, 0.5) is 0 Å². The van der Waals surface area contributed by atoms with Gasteiger partial charge in [-0.05, 0) is 36.4 Å². The number of hydrogen-bond donors (Lipinski definition) is 1. The number of rotatable bonds is 3. The molecule has 0 fully saturated rings. The number of nitrogens with two attached hydrogens (primary N) is 1. The van der Waals surface area contributed by atoms with Gasteiger partial charge >= 0.3 is 0 Å². The zero-order valence-electron chi connectivity index (χ0n) is 15.6. The molecule has 0 bridgehead atoms. The lowest BCUT2D eigenvalue weighted by Crippen LogP contribution is -2.12. The Kier molecular flexibility index (Phi) is 6.24. The number of sulfonamides is 1. The SMILES string of the molecule is NS(=O)(=O)c1ccc(-c2oc3ccccc3c(=O)c2-c2c(Cl)c(Cl)c(Cl)c(Cl)c2Cl)cc1. The zero-order chi connectivity index (χ0) is 23.4. The molecule has 1 aromatic heterocycles. The molecule has 0 radical (unpaired) electrons. The van der Waals surface area contributed by atoms with Gasteiger partial charge in [0.1, 0.15) is 11.3 Å². The normalized spacial score (nSPS) is 11.8. The highest BCUT2D eigenvalue weighted by atomic mass is 35.5. The van der Waals surface area contributed by atoms with Gasteiger partial charge in [-0.2, -0.15) is 0 Å². The predicted octanol–water partition coefficient (Wildman–Crippen LogP) is 7.04. The number of primary sulfonamides is 1. The fourth-order valence-electron chi connectivity index (χ4n) is 3.19. The summed E-state index contributed by atoms with van der Waals surface area (Å²) in [6.07, 6.45) is 0. The van der Waals surface area contributed by atoms with E-state index in [2.05, 4.69) is 0 Å². The fourth-order valence-corrected chi connectivity index (χ4v) is 5.04. The summed E-state index contributed by atoms with van der Waals surface area (Å²) < 4.78 is 29.3. The Labute approximate surface area is 207 Å². The Hall–Kier alpha value is -1.77. The molecule has 0 aliphatic rings. The quantitative estimate of drug-likeness (QED) is 0.219. The number of halogens is 5. The molecule has 0 amide bonds. The maximum atomic E-state index is 13.5. The molecule has 0 aliphatic heterocycles. The molecule has 1 heterocycles. The molecule has 0 spiro atoms. The second kappa shape index (κ2) is 8.54. The van der Waals surface area contributed by atoms with Crippen molar-refractivity contribution in [1.29, 1.82) is 0 Å². The van der Waals surface area contributed by atoms with Crippen LogP contribution in [-0.2, 0) is 10.0 Å². The lowest BCUT2D eigenvalue weighted by molar-refractivity contribution is 0.597. The van der Waals surface area contributed by atoms with E-state index in [1.807, 2.05) is 0 Å². The molecule has 0 aliphatic carbocycles. The molecule has 11 heteroatoms. The van der Waals surface area contributed by atoms with Gasteiger partial charge in [0.05, 0.1) is 41.0 Å². The number of para-hydroxylation sites is 1. The molecule has 32 heavy (non-hydrogen) atoms. The lowest BCUT2D eigenvalue weighted by Gasteiger charge is -2.16. The molecule has 164 valence electrons. The second-order valence-corrected chi connectivity index (χ2v) is 10.1. The Morgan fingerprint density at radius 2 is 1.25 bits per heavy atom. The summed E-state index contributed by atoms with van der Waals surface area (Å²) in [5.41, 5.74) is 0.241. The Morgan fingerprint density at radius 1 is 0.719 bits per heavy atom. The van der Waals surface area contributed by atoms with Crippen molar-refractivity contribution >= 4 is 79.0 Å². The van der Waals surface area contributed by atoms with Crippen LogP contribution in [0.1, 0.15) is 0 Å². The Bertz CT molecular complexity index is 1540. The fraction of sp³-hybridized carbons (Fsp3) is 0. The second-order valence-electron chi connectivity index (χ2n) is 6.65. The highest BCUT2D eigenvalue weighted by Gasteiger charge is 2.27. The summed E-state index contributed by atoms with van der Waals surface area (Å²) in [5.74, 6) is 0.0768. The first-order chi connectivity index (χ1) is 15.0. The first kappa shape index (κ1) is 23.4. The predicted molar refractivity (Wildman–Crippen MR) is 130 cm³/mol. The van der Waals surface area contributed by atoms with E-state index in [-0.39, 0.29) is 52.3 Å². The smallest absolute Gasteiger partial charge is 0.238 e. The molecule has 0 unspecified atom stereocenters. The van der Waals surface area contributed by atoms with Crippen LogP contribution >= 0.6 is 58.0 Å². The van der Waals surface area contributed by atoms with E-state index in [1.54, 1.807) is 24.3 Å². The van der Waals surface area contributed by atoms with E-state index in [4.69, 9.17) is 67.6 Å². The van der Waals surface area contributed by atoms with E-state index >= 15 is 0 Å². The number of hydrogen-bond acceptors (Lipinski definition) is 4. The summed E-state index contributed by atoms with van der Waals surface area (Å²) in [7, 11) is -3.92. The van der Waals surface area contributed by atoms with Gasteiger partial charge in [0, 0.05) is 11.1 Å². The molecular formula is C21H10Cl5NO4S. The molecule has 2 N–H and O–H groups in total. The average Bonchev–Trinajstić information content (AvgIpc) is 2.77. The topological polar surface area (TPSA) is 90.4 Å². The van der Waals surface area contributed by atoms with Crippen molar-refractivity contribution in [3.05, 3.63) is 83.9 Å². The van der Waals surface area contributed by atoms with Crippen molar-refractivity contribution < 1.29 is 12.8 Å². The molecule has 3 aromatic carbocycles. The molecule has 0 saturated heterocycles. The van der Waals surface area contributed by atoms with Crippen LogP contribution in [0, 0.1) is 0 Å². The van der Waals surface area contributed by atoms with Gasteiger partial charge in [-0.1, -0.05) is 70.1 Å². The van der Waals surface area contributed by atoms with E-state index in [9.17, 15) is 13.2 Å². The van der Waals surface area contributed by atoms with E-state index in [0.29, 0.717) is 11.1 Å². The standard InChI is InChI=1S/C21H10Cl5NO4S/c22-15-13(16(23)18(25)19(26)17(15)24)14-20(28)11-3-1-2-4-12(11)31-21(14)9-5-7-10(8-6-9)32(27,29)30/h1-8H,(H2,27,29,30). The van der Waals surface area contributed by atoms with Crippen LogP contribution in [0.25, 0.3) is 33.4 Å². The maximum absolute atomic E-state index is 13.5. The average molecular weight is 550 g/mol. The zero-order valence-corrected chi connectivity index (χ0v) is 20.2. The van der Waals surface area contributed by atoms with Crippen LogP contribution < -0.4 is 10.6 Å². The largest absolute Gasteiger partial charge is 0.455 e. The molecule has 0 saturated carbocycles. The Morgan fingerprint density at radius 3 is 1.81 bits per heavy atom. The third kappa shape index (κ3) is 3.90. The molecule has 4 rings (SSSR count). The molecule has 5 nitrogen and oxygen atoms in total. The van der Waals surface area contributed by atoms with Crippen LogP contribution in [0.2, 0.25) is 25.1 Å². The van der Waals surface area contributed by atoms with Gasteiger partial charge in [0.25, 0.3) is 0 Å². The third-order valence-electron chi connectivity index (χ3n) is 4.70. The minimum atomic E-state index is -3.92. The summed E-state index contributed by atoms with van der Waals surface area (Å²) in [6.45, 7) is 0. The van der Waals surface area contributed by atoms with Crippen molar-refractivity contribution in [2.75, 3.05) is 0 Å². The lowest BCUT2D eigenvalue weighted by atomic mass is 9.98. The van der Waals surface area contributed by atoms with E-state index in [0.717, 1.165) is 0 Å². The van der Waals surface area contributed by atoms with Gasteiger partial charge in [-0.15, -0.1) is 0 Å². The first-order valence-electron chi connectivity index (χ1n) is 8.73. The maximum Gasteiger partial charge on any atom is 0.238 e. The van der Waals surface area contributed by atoms with Gasteiger partial charge in [-0.3, -0.25) is 4.79 Å². The van der Waals surface area contributed by atoms with Crippen molar-refractivity contribution in [3.8, 4) is 22.5 Å². The summed E-state index contributed by atoms with van der Waals surface area (Å²) in [5, 5.41) is 5.04. The summed E-state index contributed by atoms with van der Waals surface area (Å²) >= 11 is 31.4. The third-order valence-corrected chi connectivity index (χ3v) is 7.91. The van der Waals surface area contributed by atoms with Crippen LogP contribution in [0.15, 0.2) is 62.6 Å². The number of fused-ring (bicyclic) bond motifs is 1. The summed E-state index contributed by atoms with van der Waals surface area (Å²) in [6, 6.07) is 12.0. The minimum Gasteiger partial charge on any atom is -0.455 e. The number of benzene rings is 3. The van der Waals surface area contributed by atoms with Crippen molar-refractivity contribution in [1.82, 2.24) is 0 Å². The first-order valence-corrected chi connectivity index (χ1v) is 12.2. The van der Waals surface area contributed by atoms with Crippen LogP contribution in [-0.4, -0.2) is 8.42 Å². The van der Waals surface area contributed by atoms with Crippen molar-refractivity contribution in [2.24, 2.45) is 5.14 Å². The van der Waals surface area contributed by atoms with Crippen molar-refractivity contribution in [2.45, 2.75) is 4.90 Å². The van der Waals surface area contributed by atoms with Crippen molar-refractivity contribution in [3.63, 3.8) is 0 Å². The molecule has 0 atom stereocenters. The highest BCUT2D eigenvalue weighted by molar-refractivity contribution is 7.89. The summed E-state index contributed by atoms with van der Waals surface area (Å²) in [4.78, 5) is 13.4. The van der Waals surface area contributed by atoms with Gasteiger partial charge in [0.15, 0.2) is 0 Å². The van der Waals surface area contributed by atoms with Gasteiger partial charge in [0.2, 0.25) is 15.5 Å². The van der Waals surface area contributed by atoms with Gasteiger partial charge < -0.3 is 4.42 Å². The Balaban J connectivity index is 2.15. The van der Waals surface area contributed by atoms with E-state index < -0.39 is 15.5 Å². The molecular weight excluding hydrogens is 540 g/mol. The van der Waals surface area contributed by atoms with E-state index in [1.165, 1.54) is 24.3 Å². The monoisotopic (exact) mass is 547 g/mol. The molecule has 4 aromatic rings. The van der Waals surface area contributed by atoms with Crippen LogP contribution in [0.3, 0.4) is 0 Å². The van der Waals surface area contributed by atoms with Crippen LogP contribution in [0.5, 0.6) is 0 Å². The minimum absolute atomic E-state index is 0.0116.